The van der Waals surface area contributed by atoms with E-state index in [4.69, 9.17) is 10.5 Å². The largest absolute Gasteiger partial charge is 0.495 e. The fourth-order valence-corrected chi connectivity index (χ4v) is 2.81. The van der Waals surface area contributed by atoms with Gasteiger partial charge in [-0.2, -0.15) is 0 Å². The molecular formula is C15H18N2O2S. The van der Waals surface area contributed by atoms with Crippen molar-refractivity contribution < 1.29 is 9.53 Å². The quantitative estimate of drug-likeness (QED) is 0.859. The topological polar surface area (TPSA) is 55.6 Å². The van der Waals surface area contributed by atoms with Gasteiger partial charge in [0.15, 0.2) is 0 Å². The fourth-order valence-electron chi connectivity index (χ4n) is 2.00. The highest BCUT2D eigenvalue weighted by molar-refractivity contribution is 7.12. The van der Waals surface area contributed by atoms with Gasteiger partial charge in [0.1, 0.15) is 10.6 Å². The van der Waals surface area contributed by atoms with E-state index in [-0.39, 0.29) is 5.91 Å². The van der Waals surface area contributed by atoms with Crippen molar-refractivity contribution >= 4 is 28.6 Å². The molecule has 0 fully saturated rings. The van der Waals surface area contributed by atoms with E-state index >= 15 is 0 Å². The third-order valence-electron chi connectivity index (χ3n) is 2.92. The Balaban J connectivity index is 2.36. The SMILES string of the molecule is CCCN(C(=O)c1sccc1OC)c1cccc(N)c1. The second-order valence-electron chi connectivity index (χ2n) is 4.37. The van der Waals surface area contributed by atoms with Gasteiger partial charge in [-0.25, -0.2) is 0 Å². The van der Waals surface area contributed by atoms with Crippen molar-refractivity contribution in [2.75, 3.05) is 24.3 Å². The number of carbonyl (C=O) groups is 1. The lowest BCUT2D eigenvalue weighted by Gasteiger charge is -2.22. The molecule has 0 aliphatic carbocycles. The van der Waals surface area contributed by atoms with Gasteiger partial charge >= 0.3 is 0 Å². The van der Waals surface area contributed by atoms with Crippen molar-refractivity contribution in [2.24, 2.45) is 0 Å². The average molecular weight is 290 g/mol. The van der Waals surface area contributed by atoms with Crippen LogP contribution in [0.25, 0.3) is 0 Å². The van der Waals surface area contributed by atoms with Crippen LogP contribution in [0.1, 0.15) is 23.0 Å². The van der Waals surface area contributed by atoms with Gasteiger partial charge in [0.05, 0.1) is 7.11 Å². The summed E-state index contributed by atoms with van der Waals surface area (Å²) in [4.78, 5) is 15.1. The minimum atomic E-state index is -0.0516. The molecule has 106 valence electrons. The predicted molar refractivity (Wildman–Crippen MR) is 83.7 cm³/mol. The maximum absolute atomic E-state index is 12.7. The van der Waals surface area contributed by atoms with Gasteiger partial charge in [-0.15, -0.1) is 11.3 Å². The van der Waals surface area contributed by atoms with Gasteiger partial charge < -0.3 is 15.4 Å². The minimum absolute atomic E-state index is 0.0516. The first-order chi connectivity index (χ1) is 9.67. The maximum Gasteiger partial charge on any atom is 0.272 e. The van der Waals surface area contributed by atoms with Gasteiger partial charge in [-0.05, 0) is 36.1 Å². The summed E-state index contributed by atoms with van der Waals surface area (Å²) in [5.74, 6) is 0.564. The third kappa shape index (κ3) is 2.93. The molecule has 2 rings (SSSR count). The molecule has 1 amide bonds. The first-order valence-electron chi connectivity index (χ1n) is 6.46. The van der Waals surface area contributed by atoms with Crippen molar-refractivity contribution in [3.8, 4) is 5.75 Å². The van der Waals surface area contributed by atoms with Crippen molar-refractivity contribution in [3.63, 3.8) is 0 Å². The summed E-state index contributed by atoms with van der Waals surface area (Å²) in [7, 11) is 1.57. The number of carbonyl (C=O) groups excluding carboxylic acids is 1. The molecule has 5 heteroatoms. The molecule has 0 saturated carbocycles. The van der Waals surface area contributed by atoms with Crippen molar-refractivity contribution in [2.45, 2.75) is 13.3 Å². The van der Waals surface area contributed by atoms with Crippen LogP contribution in [0, 0.1) is 0 Å². The lowest BCUT2D eigenvalue weighted by Crippen LogP contribution is -2.31. The van der Waals surface area contributed by atoms with Gasteiger partial charge in [-0.3, -0.25) is 4.79 Å². The zero-order chi connectivity index (χ0) is 14.5. The molecule has 2 aromatic rings. The maximum atomic E-state index is 12.7. The number of nitrogens with two attached hydrogens (primary N) is 1. The van der Waals surface area contributed by atoms with Gasteiger partial charge in [0.2, 0.25) is 0 Å². The molecule has 0 radical (unpaired) electrons. The van der Waals surface area contributed by atoms with Crippen LogP contribution in [0.4, 0.5) is 11.4 Å². The smallest absolute Gasteiger partial charge is 0.272 e. The Bertz CT molecular complexity index is 595. The molecule has 0 unspecified atom stereocenters. The van der Waals surface area contributed by atoms with Crippen LogP contribution in [0.2, 0.25) is 0 Å². The molecule has 4 nitrogen and oxygen atoms in total. The highest BCUT2D eigenvalue weighted by Gasteiger charge is 2.21. The standard InChI is InChI=1S/C15H18N2O2S/c1-3-8-17(12-6-4-5-11(16)10-12)15(18)14-13(19-2)7-9-20-14/h4-7,9-10H,3,8,16H2,1-2H3. The zero-order valence-electron chi connectivity index (χ0n) is 11.6. The summed E-state index contributed by atoms with van der Waals surface area (Å²) >= 11 is 1.39. The van der Waals surface area contributed by atoms with Crippen LogP contribution in [-0.2, 0) is 0 Å². The number of thiophene rings is 1. The van der Waals surface area contributed by atoms with Gasteiger partial charge in [0, 0.05) is 17.9 Å². The number of nitrogen functional groups attached to an aromatic ring is 1. The number of hydrogen-bond donors (Lipinski definition) is 1. The number of benzene rings is 1. The molecule has 1 aromatic heterocycles. The summed E-state index contributed by atoms with van der Waals surface area (Å²) in [5.41, 5.74) is 7.27. The Labute approximate surface area is 122 Å². The lowest BCUT2D eigenvalue weighted by atomic mass is 10.2. The van der Waals surface area contributed by atoms with Crippen LogP contribution in [0.15, 0.2) is 35.7 Å². The summed E-state index contributed by atoms with van der Waals surface area (Å²) in [6, 6.07) is 9.18. The summed E-state index contributed by atoms with van der Waals surface area (Å²) in [6.07, 6.45) is 0.869. The molecule has 0 bridgehead atoms. The predicted octanol–water partition coefficient (Wildman–Crippen LogP) is 3.40. The summed E-state index contributed by atoms with van der Waals surface area (Å²) < 4.78 is 5.23. The van der Waals surface area contributed by atoms with Gasteiger partial charge in [-0.1, -0.05) is 13.0 Å². The monoisotopic (exact) mass is 290 g/mol. The second kappa shape index (κ2) is 6.43. The van der Waals surface area contributed by atoms with Crippen LogP contribution >= 0.6 is 11.3 Å². The molecule has 1 heterocycles. The van der Waals surface area contributed by atoms with E-state index in [0.29, 0.717) is 22.9 Å². The Morgan fingerprint density at radius 2 is 2.20 bits per heavy atom. The van der Waals surface area contributed by atoms with Crippen molar-refractivity contribution in [3.05, 3.63) is 40.6 Å². The number of nitrogens with zero attached hydrogens (tertiary/aromatic N) is 1. The van der Waals surface area contributed by atoms with Crippen LogP contribution < -0.4 is 15.4 Å². The number of anilines is 2. The molecule has 0 aliphatic rings. The third-order valence-corrected chi connectivity index (χ3v) is 3.80. The van der Waals surface area contributed by atoms with E-state index < -0.39 is 0 Å². The summed E-state index contributed by atoms with van der Waals surface area (Å²) in [5, 5.41) is 1.86. The number of methoxy groups -OCH3 is 1. The van der Waals surface area contributed by atoms with Crippen molar-refractivity contribution in [1.82, 2.24) is 0 Å². The van der Waals surface area contributed by atoms with E-state index in [2.05, 4.69) is 0 Å². The molecular weight excluding hydrogens is 272 g/mol. The minimum Gasteiger partial charge on any atom is -0.495 e. The van der Waals surface area contributed by atoms with E-state index in [1.807, 2.05) is 36.6 Å². The first-order valence-corrected chi connectivity index (χ1v) is 7.34. The highest BCUT2D eigenvalue weighted by Crippen LogP contribution is 2.28. The first kappa shape index (κ1) is 14.4. The lowest BCUT2D eigenvalue weighted by molar-refractivity contribution is 0.0988. The zero-order valence-corrected chi connectivity index (χ0v) is 12.4. The second-order valence-corrected chi connectivity index (χ2v) is 5.29. The van der Waals surface area contributed by atoms with Crippen LogP contribution in [-0.4, -0.2) is 19.6 Å². The highest BCUT2D eigenvalue weighted by atomic mass is 32.1. The Kier molecular flexibility index (Phi) is 4.63. The molecule has 0 aliphatic heterocycles. The van der Waals surface area contributed by atoms with Gasteiger partial charge in [0.25, 0.3) is 5.91 Å². The molecule has 20 heavy (non-hydrogen) atoms. The molecule has 0 atom stereocenters. The summed E-state index contributed by atoms with van der Waals surface area (Å²) in [6.45, 7) is 2.68. The number of rotatable bonds is 5. The van der Waals surface area contributed by atoms with E-state index in [9.17, 15) is 4.79 Å². The Hall–Kier alpha value is -2.01. The van der Waals surface area contributed by atoms with E-state index in [0.717, 1.165) is 12.1 Å². The average Bonchev–Trinajstić information content (AvgIpc) is 2.92. The number of amides is 1. The Morgan fingerprint density at radius 3 is 2.85 bits per heavy atom. The fraction of sp³-hybridized carbons (Fsp3) is 0.267. The molecule has 2 N–H and O–H groups in total. The van der Waals surface area contributed by atoms with Crippen molar-refractivity contribution in [1.29, 1.82) is 0 Å². The molecule has 0 saturated heterocycles. The Morgan fingerprint density at radius 1 is 1.40 bits per heavy atom. The van der Waals surface area contributed by atoms with Crippen LogP contribution in [0.5, 0.6) is 5.75 Å². The number of ether oxygens (including phenoxy) is 1. The van der Waals surface area contributed by atoms with Crippen LogP contribution in [0.3, 0.4) is 0 Å². The normalized spacial score (nSPS) is 10.3. The molecule has 1 aromatic carbocycles. The molecule has 0 spiro atoms. The van der Waals surface area contributed by atoms with E-state index in [1.54, 1.807) is 18.1 Å². The number of hydrogen-bond acceptors (Lipinski definition) is 4. The van der Waals surface area contributed by atoms with E-state index in [1.165, 1.54) is 11.3 Å².